The Kier molecular flexibility index (Phi) is 4.87. The lowest BCUT2D eigenvalue weighted by Crippen LogP contribution is -2.14. The third kappa shape index (κ3) is 3.62. The molecule has 144 valence electrons. The van der Waals surface area contributed by atoms with Gasteiger partial charge in [0, 0.05) is 23.9 Å². The number of sulfone groups is 1. The smallest absolute Gasteiger partial charge is 0.264 e. The quantitative estimate of drug-likeness (QED) is 0.583. The molecule has 0 fully saturated rings. The number of H-pyrrole nitrogens is 1. The second-order valence-electron chi connectivity index (χ2n) is 5.58. The first kappa shape index (κ1) is 19.9. The van der Waals surface area contributed by atoms with Crippen LogP contribution in [-0.2, 0) is 19.9 Å². The average molecular weight is 455 g/mol. The molecule has 0 unspecified atom stereocenters. The van der Waals surface area contributed by atoms with Gasteiger partial charge in [-0.2, -0.15) is 0 Å². The van der Waals surface area contributed by atoms with Gasteiger partial charge < -0.3 is 4.98 Å². The molecule has 0 spiro atoms. The molecule has 6 nitrogen and oxygen atoms in total. The highest BCUT2D eigenvalue weighted by atomic mass is 35.5. The van der Waals surface area contributed by atoms with Crippen LogP contribution in [-0.4, -0.2) is 28.1 Å². The lowest BCUT2D eigenvalue weighted by Gasteiger charge is -2.09. The maximum atomic E-state index is 13.9. The first-order valence-electron chi connectivity index (χ1n) is 7.09. The number of sulfonamides is 1. The van der Waals surface area contributed by atoms with Crippen molar-refractivity contribution in [1.29, 1.82) is 0 Å². The molecule has 0 saturated heterocycles. The molecular formula is C15H10Cl2F2N2O4S2. The van der Waals surface area contributed by atoms with Crippen molar-refractivity contribution in [1.82, 2.24) is 4.98 Å². The Morgan fingerprint density at radius 2 is 1.67 bits per heavy atom. The summed E-state index contributed by atoms with van der Waals surface area (Å²) in [6, 6.07) is 3.76. The minimum atomic E-state index is -4.39. The molecule has 0 aliphatic rings. The molecule has 2 aromatic carbocycles. The van der Waals surface area contributed by atoms with Crippen LogP contribution < -0.4 is 4.72 Å². The van der Waals surface area contributed by atoms with E-state index in [9.17, 15) is 25.6 Å². The molecule has 0 saturated carbocycles. The van der Waals surface area contributed by atoms with E-state index in [-0.39, 0.29) is 25.7 Å². The molecule has 0 radical (unpaired) electrons. The van der Waals surface area contributed by atoms with Crippen molar-refractivity contribution in [2.75, 3.05) is 11.0 Å². The molecular weight excluding hydrogens is 445 g/mol. The lowest BCUT2D eigenvalue weighted by molar-refractivity contribution is 0.594. The maximum Gasteiger partial charge on any atom is 0.264 e. The first-order chi connectivity index (χ1) is 12.4. The Bertz CT molecular complexity index is 1290. The fourth-order valence-electron chi connectivity index (χ4n) is 2.51. The molecule has 12 heteroatoms. The summed E-state index contributed by atoms with van der Waals surface area (Å²) in [6.45, 7) is 0. The zero-order valence-corrected chi connectivity index (χ0v) is 16.5. The van der Waals surface area contributed by atoms with Gasteiger partial charge >= 0.3 is 0 Å². The van der Waals surface area contributed by atoms with Gasteiger partial charge in [0.05, 0.1) is 21.2 Å². The number of hydrogen-bond donors (Lipinski definition) is 2. The van der Waals surface area contributed by atoms with Crippen LogP contribution in [0, 0.1) is 11.6 Å². The largest absolute Gasteiger partial charge is 0.359 e. The van der Waals surface area contributed by atoms with Crippen LogP contribution in [0.1, 0.15) is 0 Å². The van der Waals surface area contributed by atoms with Gasteiger partial charge in [0.15, 0.2) is 9.84 Å². The zero-order chi connectivity index (χ0) is 20.1. The highest BCUT2D eigenvalue weighted by Crippen LogP contribution is 2.34. The van der Waals surface area contributed by atoms with Crippen molar-refractivity contribution in [2.45, 2.75) is 9.79 Å². The highest BCUT2D eigenvalue weighted by Gasteiger charge is 2.25. The van der Waals surface area contributed by atoms with Gasteiger partial charge in [0.25, 0.3) is 10.0 Å². The van der Waals surface area contributed by atoms with Gasteiger partial charge in [-0.15, -0.1) is 0 Å². The Balaban J connectivity index is 2.17. The predicted molar refractivity (Wildman–Crippen MR) is 98.6 cm³/mol. The molecule has 0 amide bonds. The molecule has 2 N–H and O–H groups in total. The van der Waals surface area contributed by atoms with Crippen molar-refractivity contribution < 1.29 is 25.6 Å². The van der Waals surface area contributed by atoms with Crippen LogP contribution in [0.5, 0.6) is 0 Å². The first-order valence-corrected chi connectivity index (χ1v) is 11.2. The van der Waals surface area contributed by atoms with Gasteiger partial charge in [-0.1, -0.05) is 23.2 Å². The fourth-order valence-corrected chi connectivity index (χ4v) is 5.43. The summed E-state index contributed by atoms with van der Waals surface area (Å²) in [5, 5.41) is -0.577. The van der Waals surface area contributed by atoms with E-state index in [0.717, 1.165) is 12.5 Å². The van der Waals surface area contributed by atoms with E-state index in [4.69, 9.17) is 23.2 Å². The maximum absolute atomic E-state index is 13.9. The van der Waals surface area contributed by atoms with E-state index in [1.165, 1.54) is 12.1 Å². The second-order valence-corrected chi connectivity index (χ2v) is 9.99. The van der Waals surface area contributed by atoms with Gasteiger partial charge in [-0.25, -0.2) is 25.6 Å². The summed E-state index contributed by atoms with van der Waals surface area (Å²) in [5.41, 5.74) is -0.670. The van der Waals surface area contributed by atoms with E-state index in [2.05, 4.69) is 4.98 Å². The molecule has 0 aliphatic heterocycles. The number of aromatic nitrogens is 1. The van der Waals surface area contributed by atoms with Crippen molar-refractivity contribution >= 4 is 59.7 Å². The minimum absolute atomic E-state index is 0.0159. The highest BCUT2D eigenvalue weighted by molar-refractivity contribution is 7.93. The Labute approximate surface area is 163 Å². The molecule has 27 heavy (non-hydrogen) atoms. The van der Waals surface area contributed by atoms with Gasteiger partial charge in [-0.3, -0.25) is 4.72 Å². The summed E-state index contributed by atoms with van der Waals surface area (Å²) in [4.78, 5) is 1.92. The Morgan fingerprint density at radius 3 is 2.30 bits per heavy atom. The minimum Gasteiger partial charge on any atom is -0.359 e. The molecule has 3 aromatic rings. The topological polar surface area (TPSA) is 96.1 Å². The van der Waals surface area contributed by atoms with E-state index < -0.39 is 42.2 Å². The lowest BCUT2D eigenvalue weighted by atomic mass is 10.2. The Hall–Kier alpha value is -1.88. The summed E-state index contributed by atoms with van der Waals surface area (Å²) in [7, 11) is -8.16. The van der Waals surface area contributed by atoms with E-state index >= 15 is 0 Å². The molecule has 0 bridgehead atoms. The number of anilines is 1. The van der Waals surface area contributed by atoms with Crippen molar-refractivity contribution in [2.24, 2.45) is 0 Å². The SMILES string of the molecule is CS(=O)(=O)c1c(Cl)ccc2c(S(=O)(=O)Nc3cc(F)c(Cl)cc3F)c[nH]c12. The van der Waals surface area contributed by atoms with E-state index in [0.29, 0.717) is 12.1 Å². The molecule has 1 heterocycles. The number of aromatic amines is 1. The van der Waals surface area contributed by atoms with E-state index in [1.54, 1.807) is 0 Å². The Morgan fingerprint density at radius 1 is 1.00 bits per heavy atom. The summed E-state index contributed by atoms with van der Waals surface area (Å²) >= 11 is 11.4. The molecule has 0 aliphatic carbocycles. The number of nitrogens with one attached hydrogen (secondary N) is 2. The normalized spacial score (nSPS) is 12.5. The summed E-state index contributed by atoms with van der Waals surface area (Å²) < 4.78 is 78.6. The predicted octanol–water partition coefficient (Wildman–Crippen LogP) is 3.96. The summed E-state index contributed by atoms with van der Waals surface area (Å²) in [6.07, 6.45) is 1.95. The van der Waals surface area contributed by atoms with Crippen molar-refractivity contribution in [3.8, 4) is 0 Å². The number of benzene rings is 2. The molecule has 0 atom stereocenters. The number of halogens is 4. The average Bonchev–Trinajstić information content (AvgIpc) is 2.95. The van der Waals surface area contributed by atoms with Gasteiger partial charge in [0.2, 0.25) is 0 Å². The van der Waals surface area contributed by atoms with Crippen molar-refractivity contribution in [3.05, 3.63) is 52.1 Å². The monoisotopic (exact) mass is 454 g/mol. The number of hydrogen-bond acceptors (Lipinski definition) is 4. The second kappa shape index (κ2) is 6.62. The van der Waals surface area contributed by atoms with Crippen LogP contribution >= 0.6 is 23.2 Å². The third-order valence-electron chi connectivity index (χ3n) is 3.64. The molecule has 3 rings (SSSR count). The zero-order valence-electron chi connectivity index (χ0n) is 13.3. The van der Waals surface area contributed by atoms with Crippen LogP contribution in [0.15, 0.2) is 40.3 Å². The number of fused-ring (bicyclic) bond motifs is 1. The number of rotatable bonds is 4. The fraction of sp³-hybridized carbons (Fsp3) is 0.0667. The van der Waals surface area contributed by atoms with Gasteiger partial charge in [0.1, 0.15) is 21.4 Å². The van der Waals surface area contributed by atoms with Crippen molar-refractivity contribution in [3.63, 3.8) is 0 Å². The van der Waals surface area contributed by atoms with Crippen LogP contribution in [0.25, 0.3) is 10.9 Å². The standard InChI is InChI=1S/C15H10Cl2F2N2O4S2/c1-26(22,23)15-8(16)3-2-7-13(6-20-14(7)15)27(24,25)21-12-5-10(18)9(17)4-11(12)19/h2-6,20-21H,1H3. The van der Waals surface area contributed by atoms with E-state index in [1.807, 2.05) is 4.72 Å². The van der Waals surface area contributed by atoms with Crippen LogP contribution in [0.4, 0.5) is 14.5 Å². The van der Waals surface area contributed by atoms with Crippen LogP contribution in [0.2, 0.25) is 10.0 Å². The summed E-state index contributed by atoms with van der Waals surface area (Å²) in [5.74, 6) is -2.09. The van der Waals surface area contributed by atoms with Crippen LogP contribution in [0.3, 0.4) is 0 Å². The molecule has 1 aromatic heterocycles. The van der Waals surface area contributed by atoms with Gasteiger partial charge in [-0.05, 0) is 18.2 Å². The third-order valence-corrected chi connectivity index (χ3v) is 6.93.